The topological polar surface area (TPSA) is 0 Å². The molecule has 332 valence electrons. The molecule has 0 N–H and O–H groups in total. The van der Waals surface area contributed by atoms with E-state index in [0.29, 0.717) is 0 Å². The fourth-order valence-electron chi connectivity index (χ4n) is 8.25. The zero-order valence-corrected chi connectivity index (χ0v) is 45.3. The molecule has 0 bridgehead atoms. The maximum Gasteiger partial charge on any atom is 2.00 e. The van der Waals surface area contributed by atoms with Crippen LogP contribution in [0.5, 0.6) is 0 Å². The Hall–Kier alpha value is -5.45. The van der Waals surface area contributed by atoms with Crippen LogP contribution in [0, 0.1) is 27.7 Å². The molecule has 0 saturated carbocycles. The number of aryl methyl sites for hydroxylation is 4. The van der Waals surface area contributed by atoms with Crippen LogP contribution in [0.1, 0.15) is 22.3 Å². The molecule has 0 unspecified atom stereocenters. The predicted octanol–water partition coefficient (Wildman–Crippen LogP) is 12.1. The Labute approximate surface area is 453 Å². The van der Waals surface area contributed by atoms with Gasteiger partial charge in [-0.25, -0.2) is 0 Å². The van der Waals surface area contributed by atoms with Crippen molar-refractivity contribution in [3.63, 3.8) is 0 Å². The zero-order chi connectivity index (χ0) is 43.8. The molecule has 0 radical (unpaired) electrons. The van der Waals surface area contributed by atoms with Gasteiger partial charge in [-0.1, -0.05) is 214 Å². The number of halogens is 2. The smallest absolute Gasteiger partial charge is 1.00 e. The largest absolute Gasteiger partial charge is 2.00 e. The van der Waals surface area contributed by atoms with Crippen molar-refractivity contribution in [2.24, 2.45) is 0 Å². The van der Waals surface area contributed by atoms with E-state index < -0.39 is 0 Å². The van der Waals surface area contributed by atoms with E-state index >= 15 is 0 Å². The third-order valence-electron chi connectivity index (χ3n) is 12.0. The summed E-state index contributed by atoms with van der Waals surface area (Å²) in [6.07, 6.45) is 0. The van der Waals surface area contributed by atoms with Gasteiger partial charge in [0.15, 0.2) is 0 Å². The van der Waals surface area contributed by atoms with Crippen LogP contribution < -0.4 is 24.8 Å². The van der Waals surface area contributed by atoms with Crippen LogP contribution in [0.25, 0.3) is 87.6 Å². The molecule has 0 aliphatic heterocycles. The molecule has 0 heterocycles. The van der Waals surface area contributed by atoms with E-state index in [1.807, 2.05) is 0 Å². The van der Waals surface area contributed by atoms with Crippen LogP contribution in [0.2, 0.25) is 0 Å². The Morgan fingerprint density at radius 2 is 0.412 bits per heavy atom. The standard InChI is InChI=1S/4C16H13.2ClH.2Zr/c4*1-12-6-8-13(9-7-12)16-10-14-4-2-3-5-15(14)11-16;;;;/h4*2-11H,1H3;2*1H;;/q4*-1;;;2*+2/p-2. The summed E-state index contributed by atoms with van der Waals surface area (Å²) in [7, 11) is 0. The average molecular weight is 1070 g/mol. The van der Waals surface area contributed by atoms with Gasteiger partial charge in [-0.15, -0.1) is 138 Å². The molecule has 0 saturated heterocycles. The van der Waals surface area contributed by atoms with Crippen molar-refractivity contribution in [2.75, 3.05) is 0 Å². The minimum Gasteiger partial charge on any atom is -1.00 e. The summed E-state index contributed by atoms with van der Waals surface area (Å²) in [5, 5.41) is 10.5. The summed E-state index contributed by atoms with van der Waals surface area (Å²) in [5.74, 6) is 0. The third-order valence-corrected chi connectivity index (χ3v) is 12.0. The number of benzene rings is 8. The van der Waals surface area contributed by atoms with Crippen molar-refractivity contribution in [3.05, 3.63) is 265 Å². The molecule has 0 aliphatic carbocycles. The molecule has 4 heteroatoms. The van der Waals surface area contributed by atoms with E-state index in [2.05, 4.69) is 270 Å². The molecule has 12 rings (SSSR count). The van der Waals surface area contributed by atoms with Crippen LogP contribution in [0.15, 0.2) is 243 Å². The molecule has 12 aromatic carbocycles. The Morgan fingerprint density at radius 3 is 0.588 bits per heavy atom. The molecule has 0 atom stereocenters. The van der Waals surface area contributed by atoms with Crippen LogP contribution in [-0.2, 0) is 52.4 Å². The molecule has 0 aliphatic rings. The number of rotatable bonds is 4. The monoisotopic (exact) mass is 1070 g/mol. The van der Waals surface area contributed by atoms with E-state index in [1.54, 1.807) is 0 Å². The Kier molecular flexibility index (Phi) is 19.9. The minimum absolute atomic E-state index is 0. The van der Waals surface area contributed by atoms with Gasteiger partial charge in [0.05, 0.1) is 0 Å². The summed E-state index contributed by atoms with van der Waals surface area (Å²) >= 11 is 0. The Bertz CT molecular complexity index is 2800. The van der Waals surface area contributed by atoms with Crippen LogP contribution in [-0.4, -0.2) is 0 Å². The van der Waals surface area contributed by atoms with Crippen LogP contribution in [0.3, 0.4) is 0 Å². The Morgan fingerprint density at radius 1 is 0.235 bits per heavy atom. The fraction of sp³-hybridized carbons (Fsp3) is 0.0625. The number of hydrogen-bond acceptors (Lipinski definition) is 0. The van der Waals surface area contributed by atoms with E-state index in [1.165, 1.54) is 110 Å². The second-order valence-electron chi connectivity index (χ2n) is 17.0. The maximum atomic E-state index is 2.25. The van der Waals surface area contributed by atoms with Gasteiger partial charge in [-0.05, 0) is 27.7 Å². The first-order valence-corrected chi connectivity index (χ1v) is 22.2. The molecule has 12 aromatic rings. The molecule has 0 nitrogen and oxygen atoms in total. The third kappa shape index (κ3) is 13.4. The van der Waals surface area contributed by atoms with E-state index in [4.69, 9.17) is 0 Å². The zero-order valence-electron chi connectivity index (χ0n) is 38.8. The van der Waals surface area contributed by atoms with Crippen LogP contribution >= 0.6 is 0 Å². The van der Waals surface area contributed by atoms with E-state index in [-0.39, 0.29) is 77.2 Å². The van der Waals surface area contributed by atoms with Gasteiger partial charge in [0.25, 0.3) is 0 Å². The molecule has 0 aromatic heterocycles. The molecule has 68 heavy (non-hydrogen) atoms. The summed E-state index contributed by atoms with van der Waals surface area (Å²) < 4.78 is 0. The van der Waals surface area contributed by atoms with Gasteiger partial charge in [0.2, 0.25) is 0 Å². The first kappa shape index (κ1) is 53.5. The average Bonchev–Trinajstić information content (AvgIpc) is 4.15. The van der Waals surface area contributed by atoms with Crippen molar-refractivity contribution < 1.29 is 77.2 Å². The van der Waals surface area contributed by atoms with Crippen molar-refractivity contribution in [2.45, 2.75) is 27.7 Å². The number of hydrogen-bond donors (Lipinski definition) is 0. The molecule has 0 spiro atoms. The second kappa shape index (κ2) is 25.2. The Balaban J connectivity index is 0.000000166. The van der Waals surface area contributed by atoms with Gasteiger partial charge in [-0.2, -0.15) is 0 Å². The SMILES string of the molecule is Cc1ccc(-c2cc3ccccc3[cH-]2)cc1.Cc1ccc(-c2cc3ccccc3[cH-]2)cc1.Cc1ccc(-c2cc3ccccc3[cH-]2)cc1.Cc1ccc(-c2cc3ccccc3[cH-]2)cc1.[Cl-].[Cl-].[Zr+2].[Zr+2]. The molecule has 0 fully saturated rings. The van der Waals surface area contributed by atoms with Crippen molar-refractivity contribution in [3.8, 4) is 44.5 Å². The molecule has 0 amide bonds. The van der Waals surface area contributed by atoms with E-state index in [0.717, 1.165) is 0 Å². The van der Waals surface area contributed by atoms with E-state index in [9.17, 15) is 0 Å². The predicted molar refractivity (Wildman–Crippen MR) is 279 cm³/mol. The summed E-state index contributed by atoms with van der Waals surface area (Å²) in [5.41, 5.74) is 15.6. The van der Waals surface area contributed by atoms with Gasteiger partial charge < -0.3 is 24.8 Å². The van der Waals surface area contributed by atoms with Crippen molar-refractivity contribution in [1.82, 2.24) is 0 Å². The first-order valence-electron chi connectivity index (χ1n) is 22.2. The molecular weight excluding hydrogens is 1020 g/mol. The van der Waals surface area contributed by atoms with Gasteiger partial charge >= 0.3 is 52.4 Å². The second-order valence-corrected chi connectivity index (χ2v) is 17.0. The summed E-state index contributed by atoms with van der Waals surface area (Å²) in [6, 6.07) is 86.7. The quantitative estimate of drug-likeness (QED) is 0.154. The normalized spacial score (nSPS) is 10.2. The summed E-state index contributed by atoms with van der Waals surface area (Å²) in [4.78, 5) is 0. The van der Waals surface area contributed by atoms with Gasteiger partial charge in [-0.3, -0.25) is 0 Å². The molecular formula is C64H52Cl2Zr2-2. The minimum atomic E-state index is 0. The van der Waals surface area contributed by atoms with Crippen molar-refractivity contribution in [1.29, 1.82) is 0 Å². The van der Waals surface area contributed by atoms with Gasteiger partial charge in [0.1, 0.15) is 0 Å². The summed E-state index contributed by atoms with van der Waals surface area (Å²) in [6.45, 7) is 8.47. The maximum absolute atomic E-state index is 2.25. The van der Waals surface area contributed by atoms with Crippen molar-refractivity contribution >= 4 is 43.1 Å². The van der Waals surface area contributed by atoms with Crippen LogP contribution in [0.4, 0.5) is 0 Å². The van der Waals surface area contributed by atoms with Gasteiger partial charge in [0, 0.05) is 0 Å². The fourth-order valence-corrected chi connectivity index (χ4v) is 8.25. The first-order chi connectivity index (χ1) is 31.3. The number of fused-ring (bicyclic) bond motifs is 4.